The Morgan fingerprint density at radius 3 is 2.86 bits per heavy atom. The van der Waals surface area contributed by atoms with Gasteiger partial charge in [0.2, 0.25) is 0 Å². The molecule has 1 aromatic heterocycles. The Kier molecular flexibility index (Phi) is 2.89. The second-order valence-electron chi connectivity index (χ2n) is 2.87. The Bertz CT molecular complexity index is 426. The van der Waals surface area contributed by atoms with E-state index in [1.54, 1.807) is 10.9 Å². The van der Waals surface area contributed by atoms with Crippen LogP contribution in [0.3, 0.4) is 0 Å². The summed E-state index contributed by atoms with van der Waals surface area (Å²) in [5.74, 6) is 0. The van der Waals surface area contributed by atoms with Gasteiger partial charge in [0, 0.05) is 17.7 Å². The number of alkyl halides is 1. The van der Waals surface area contributed by atoms with Gasteiger partial charge >= 0.3 is 0 Å². The molecule has 0 unspecified atom stereocenters. The Labute approximate surface area is 95.6 Å². The number of hydrogen-bond donors (Lipinski definition) is 0. The van der Waals surface area contributed by atoms with Gasteiger partial charge in [0.05, 0.1) is 10.7 Å². The maximum absolute atomic E-state index is 6.12. The molecular weight excluding hydrogens is 263 g/mol. The fourth-order valence-corrected chi connectivity index (χ4v) is 1.87. The first-order valence-electron chi connectivity index (χ1n) is 4.15. The lowest BCUT2D eigenvalue weighted by molar-refractivity contribution is 0.880. The van der Waals surface area contributed by atoms with Gasteiger partial charge in [-0.3, -0.25) is 0 Å². The standard InChI is InChI=1S/C10H8BrClN2/c11-7-8-2-3-10(9(12)6-8)14-5-1-4-13-14/h1-6H,7H2. The third-order valence-electron chi connectivity index (χ3n) is 1.92. The molecule has 0 radical (unpaired) electrons. The van der Waals surface area contributed by atoms with Gasteiger partial charge in [-0.2, -0.15) is 5.10 Å². The summed E-state index contributed by atoms with van der Waals surface area (Å²) < 4.78 is 1.75. The van der Waals surface area contributed by atoms with Gasteiger partial charge in [0.1, 0.15) is 0 Å². The smallest absolute Gasteiger partial charge is 0.0831 e. The summed E-state index contributed by atoms with van der Waals surface area (Å²) in [7, 11) is 0. The number of rotatable bonds is 2. The zero-order chi connectivity index (χ0) is 9.97. The molecule has 0 bridgehead atoms. The van der Waals surface area contributed by atoms with Crippen LogP contribution in [-0.4, -0.2) is 9.78 Å². The largest absolute Gasteiger partial charge is 0.239 e. The lowest BCUT2D eigenvalue weighted by Gasteiger charge is -2.05. The highest BCUT2D eigenvalue weighted by Gasteiger charge is 2.03. The Balaban J connectivity index is 2.46. The maximum Gasteiger partial charge on any atom is 0.0831 e. The monoisotopic (exact) mass is 270 g/mol. The van der Waals surface area contributed by atoms with E-state index in [2.05, 4.69) is 21.0 Å². The summed E-state index contributed by atoms with van der Waals surface area (Å²) in [5, 5.41) is 5.65. The molecule has 0 aliphatic heterocycles. The van der Waals surface area contributed by atoms with Crippen LogP contribution in [0.25, 0.3) is 5.69 Å². The van der Waals surface area contributed by atoms with Crippen LogP contribution in [0.4, 0.5) is 0 Å². The van der Waals surface area contributed by atoms with Gasteiger partial charge in [0.25, 0.3) is 0 Å². The van der Waals surface area contributed by atoms with Crippen LogP contribution < -0.4 is 0 Å². The third kappa shape index (κ3) is 1.83. The molecule has 0 aliphatic carbocycles. The average molecular weight is 272 g/mol. The van der Waals surface area contributed by atoms with Gasteiger partial charge < -0.3 is 0 Å². The molecule has 1 heterocycles. The molecule has 2 rings (SSSR count). The highest BCUT2D eigenvalue weighted by molar-refractivity contribution is 9.08. The molecule has 0 atom stereocenters. The summed E-state index contributed by atoms with van der Waals surface area (Å²) in [4.78, 5) is 0. The topological polar surface area (TPSA) is 17.8 Å². The molecule has 0 amide bonds. The van der Waals surface area contributed by atoms with E-state index in [4.69, 9.17) is 11.6 Å². The van der Waals surface area contributed by atoms with Crippen LogP contribution in [0, 0.1) is 0 Å². The first-order chi connectivity index (χ1) is 6.81. The van der Waals surface area contributed by atoms with Gasteiger partial charge in [-0.05, 0) is 23.8 Å². The van der Waals surface area contributed by atoms with Crippen molar-refractivity contribution in [1.82, 2.24) is 9.78 Å². The quantitative estimate of drug-likeness (QED) is 0.765. The summed E-state index contributed by atoms with van der Waals surface area (Å²) in [5.41, 5.74) is 2.06. The molecule has 0 spiro atoms. The van der Waals surface area contributed by atoms with Crippen molar-refractivity contribution in [3.63, 3.8) is 0 Å². The minimum Gasteiger partial charge on any atom is -0.239 e. The van der Waals surface area contributed by atoms with Crippen LogP contribution in [0.2, 0.25) is 5.02 Å². The highest BCUT2D eigenvalue weighted by atomic mass is 79.9. The van der Waals surface area contributed by atoms with E-state index in [1.807, 2.05) is 30.5 Å². The summed E-state index contributed by atoms with van der Waals surface area (Å²) in [6.45, 7) is 0. The van der Waals surface area contributed by atoms with Crippen molar-refractivity contribution >= 4 is 27.5 Å². The lowest BCUT2D eigenvalue weighted by atomic mass is 10.2. The molecule has 72 valence electrons. The van der Waals surface area contributed by atoms with Crippen LogP contribution in [0.15, 0.2) is 36.7 Å². The zero-order valence-electron chi connectivity index (χ0n) is 7.32. The van der Waals surface area contributed by atoms with E-state index in [1.165, 1.54) is 0 Å². The van der Waals surface area contributed by atoms with Crippen molar-refractivity contribution < 1.29 is 0 Å². The van der Waals surface area contributed by atoms with Gasteiger partial charge in [-0.15, -0.1) is 0 Å². The molecular formula is C10H8BrClN2. The van der Waals surface area contributed by atoms with Crippen LogP contribution in [0.1, 0.15) is 5.56 Å². The predicted molar refractivity (Wildman–Crippen MR) is 61.2 cm³/mol. The van der Waals surface area contributed by atoms with Crippen molar-refractivity contribution in [3.05, 3.63) is 47.2 Å². The minimum atomic E-state index is 0.714. The molecule has 0 saturated carbocycles. The molecule has 0 aliphatic rings. The van der Waals surface area contributed by atoms with Crippen molar-refractivity contribution in [2.75, 3.05) is 0 Å². The number of hydrogen-bond acceptors (Lipinski definition) is 1. The predicted octanol–water partition coefficient (Wildman–Crippen LogP) is 3.42. The van der Waals surface area contributed by atoms with E-state index >= 15 is 0 Å². The molecule has 4 heteroatoms. The molecule has 2 aromatic rings. The SMILES string of the molecule is Clc1cc(CBr)ccc1-n1cccn1. The molecule has 1 aromatic carbocycles. The fourth-order valence-electron chi connectivity index (χ4n) is 1.23. The maximum atomic E-state index is 6.12. The van der Waals surface area contributed by atoms with E-state index < -0.39 is 0 Å². The Morgan fingerprint density at radius 1 is 1.43 bits per heavy atom. The second-order valence-corrected chi connectivity index (χ2v) is 3.84. The lowest BCUT2D eigenvalue weighted by Crippen LogP contribution is -1.95. The first kappa shape index (κ1) is 9.74. The van der Waals surface area contributed by atoms with E-state index in [-0.39, 0.29) is 0 Å². The Morgan fingerprint density at radius 2 is 2.29 bits per heavy atom. The summed E-state index contributed by atoms with van der Waals surface area (Å²) in [6.07, 6.45) is 3.60. The van der Waals surface area contributed by atoms with Gasteiger partial charge in [-0.1, -0.05) is 33.6 Å². The second kappa shape index (κ2) is 4.15. The first-order valence-corrected chi connectivity index (χ1v) is 5.65. The number of nitrogens with zero attached hydrogens (tertiary/aromatic N) is 2. The average Bonchev–Trinajstić information content (AvgIpc) is 2.70. The van der Waals surface area contributed by atoms with Crippen molar-refractivity contribution in [2.45, 2.75) is 5.33 Å². The Hall–Kier alpha value is -0.800. The van der Waals surface area contributed by atoms with Crippen LogP contribution in [-0.2, 0) is 5.33 Å². The van der Waals surface area contributed by atoms with Crippen molar-refractivity contribution in [3.8, 4) is 5.69 Å². The third-order valence-corrected chi connectivity index (χ3v) is 2.87. The molecule has 2 nitrogen and oxygen atoms in total. The molecule has 0 fully saturated rings. The zero-order valence-corrected chi connectivity index (χ0v) is 9.66. The number of aromatic nitrogens is 2. The molecule has 0 saturated heterocycles. The van der Waals surface area contributed by atoms with E-state index in [9.17, 15) is 0 Å². The minimum absolute atomic E-state index is 0.714. The van der Waals surface area contributed by atoms with Crippen molar-refractivity contribution in [1.29, 1.82) is 0 Å². The number of halogens is 2. The van der Waals surface area contributed by atoms with Crippen LogP contribution in [0.5, 0.6) is 0 Å². The highest BCUT2D eigenvalue weighted by Crippen LogP contribution is 2.22. The fraction of sp³-hybridized carbons (Fsp3) is 0.100. The summed E-state index contributed by atoms with van der Waals surface area (Å²) in [6, 6.07) is 7.80. The number of benzene rings is 1. The van der Waals surface area contributed by atoms with E-state index in [0.29, 0.717) is 5.02 Å². The van der Waals surface area contributed by atoms with Gasteiger partial charge in [-0.25, -0.2) is 4.68 Å². The molecule has 14 heavy (non-hydrogen) atoms. The van der Waals surface area contributed by atoms with Crippen molar-refractivity contribution in [2.24, 2.45) is 0 Å². The summed E-state index contributed by atoms with van der Waals surface area (Å²) >= 11 is 9.50. The van der Waals surface area contributed by atoms with Gasteiger partial charge in [0.15, 0.2) is 0 Å². The van der Waals surface area contributed by atoms with E-state index in [0.717, 1.165) is 16.6 Å². The van der Waals surface area contributed by atoms with Crippen LogP contribution >= 0.6 is 27.5 Å². The normalized spacial score (nSPS) is 10.4. The molecule has 0 N–H and O–H groups in total.